The largest absolute Gasteiger partial charge is 0.494 e. The number of hydrogen-bond acceptors (Lipinski definition) is 2. The summed E-state index contributed by atoms with van der Waals surface area (Å²) < 4.78 is 12.9. The molecule has 32 heavy (non-hydrogen) atoms. The summed E-state index contributed by atoms with van der Waals surface area (Å²) in [5.41, 5.74) is 9.81. The van der Waals surface area contributed by atoms with Gasteiger partial charge in [0.1, 0.15) is 0 Å². The first kappa shape index (κ1) is 20.7. The van der Waals surface area contributed by atoms with E-state index in [0.29, 0.717) is 0 Å². The standard InChI is InChI=1S/C29H35BO2/c1-26(2)22-15-14-19(30-31-27(3,4)28(5,6)32-30)18-21(22)25-24(26)20-12-8-9-13-23(20)29(25)16-10-7-11-17-29/h8-9,12-15,18H,7,10-11,16-17H2,1-6H3. The minimum Gasteiger partial charge on any atom is -0.399 e. The average Bonchev–Trinajstić information content (AvgIpc) is 3.26. The Labute approximate surface area is 193 Å². The fourth-order valence-electron chi connectivity index (χ4n) is 6.92. The van der Waals surface area contributed by atoms with Crippen LogP contribution in [0.5, 0.6) is 0 Å². The lowest BCUT2D eigenvalue weighted by Gasteiger charge is -2.38. The second-order valence-electron chi connectivity index (χ2n) is 12.0. The molecule has 166 valence electrons. The van der Waals surface area contributed by atoms with Gasteiger partial charge in [-0.05, 0) is 79.4 Å². The van der Waals surface area contributed by atoms with Crippen molar-refractivity contribution in [2.75, 3.05) is 0 Å². The van der Waals surface area contributed by atoms with Crippen LogP contribution in [0.15, 0.2) is 42.5 Å². The first-order valence-corrected chi connectivity index (χ1v) is 12.4. The minimum atomic E-state index is -0.325. The molecule has 3 heteroatoms. The van der Waals surface area contributed by atoms with Crippen molar-refractivity contribution in [3.8, 4) is 0 Å². The van der Waals surface area contributed by atoms with Crippen LogP contribution in [0, 0.1) is 0 Å². The summed E-state index contributed by atoms with van der Waals surface area (Å²) in [6, 6.07) is 16.2. The second-order valence-corrected chi connectivity index (χ2v) is 12.0. The summed E-state index contributed by atoms with van der Waals surface area (Å²) in [5, 5.41) is 0. The molecular formula is C29H35BO2. The number of allylic oxidation sites excluding steroid dienone is 2. The predicted molar refractivity (Wildman–Crippen MR) is 133 cm³/mol. The van der Waals surface area contributed by atoms with Crippen LogP contribution < -0.4 is 5.46 Å². The van der Waals surface area contributed by atoms with Crippen molar-refractivity contribution in [3.63, 3.8) is 0 Å². The van der Waals surface area contributed by atoms with Crippen LogP contribution in [-0.4, -0.2) is 18.3 Å². The number of hydrogen-bond donors (Lipinski definition) is 0. The Morgan fingerprint density at radius 2 is 1.34 bits per heavy atom. The van der Waals surface area contributed by atoms with Gasteiger partial charge in [-0.3, -0.25) is 0 Å². The summed E-state index contributed by atoms with van der Waals surface area (Å²) >= 11 is 0. The van der Waals surface area contributed by atoms with Crippen LogP contribution in [0.4, 0.5) is 0 Å². The Morgan fingerprint density at radius 3 is 2.03 bits per heavy atom. The first-order valence-electron chi connectivity index (χ1n) is 12.4. The molecule has 2 nitrogen and oxygen atoms in total. The average molecular weight is 426 g/mol. The summed E-state index contributed by atoms with van der Waals surface area (Å²) in [6.07, 6.45) is 6.52. The van der Waals surface area contributed by atoms with E-state index < -0.39 is 0 Å². The molecule has 1 saturated carbocycles. The molecule has 2 fully saturated rings. The fraction of sp³-hybridized carbons (Fsp3) is 0.517. The second kappa shape index (κ2) is 6.39. The van der Waals surface area contributed by atoms with Gasteiger partial charge < -0.3 is 9.31 Å². The van der Waals surface area contributed by atoms with E-state index in [1.165, 1.54) is 48.8 Å². The molecule has 2 aromatic rings. The van der Waals surface area contributed by atoms with Crippen molar-refractivity contribution < 1.29 is 9.31 Å². The number of benzene rings is 2. The highest BCUT2D eigenvalue weighted by atomic mass is 16.7. The van der Waals surface area contributed by atoms with E-state index in [2.05, 4.69) is 84.0 Å². The number of fused-ring (bicyclic) bond motifs is 6. The molecule has 0 amide bonds. The summed E-state index contributed by atoms with van der Waals surface area (Å²) in [5.74, 6) is 0. The molecule has 0 atom stereocenters. The van der Waals surface area contributed by atoms with Gasteiger partial charge in [0.05, 0.1) is 11.2 Å². The van der Waals surface area contributed by atoms with Crippen molar-refractivity contribution in [3.05, 3.63) is 64.7 Å². The highest BCUT2D eigenvalue weighted by molar-refractivity contribution is 6.62. The molecule has 0 N–H and O–H groups in total. The summed E-state index contributed by atoms with van der Waals surface area (Å²) in [4.78, 5) is 0. The summed E-state index contributed by atoms with van der Waals surface area (Å²) in [7, 11) is -0.316. The molecule has 1 spiro atoms. The predicted octanol–water partition coefficient (Wildman–Crippen LogP) is 6.40. The van der Waals surface area contributed by atoms with Crippen LogP contribution >= 0.6 is 0 Å². The van der Waals surface area contributed by atoms with Crippen molar-refractivity contribution in [1.82, 2.24) is 0 Å². The van der Waals surface area contributed by atoms with Gasteiger partial charge in [-0.1, -0.05) is 75.6 Å². The molecule has 4 aliphatic rings. The zero-order valence-electron chi connectivity index (χ0n) is 20.5. The molecule has 2 aromatic carbocycles. The summed E-state index contributed by atoms with van der Waals surface area (Å²) in [6.45, 7) is 13.4. The normalized spacial score (nSPS) is 25.8. The molecule has 1 saturated heterocycles. The topological polar surface area (TPSA) is 18.5 Å². The lowest BCUT2D eigenvalue weighted by Crippen LogP contribution is -2.41. The Bertz CT molecular complexity index is 1130. The molecule has 0 aromatic heterocycles. The zero-order chi connectivity index (χ0) is 22.5. The highest BCUT2D eigenvalue weighted by Gasteiger charge is 2.55. The highest BCUT2D eigenvalue weighted by Crippen LogP contribution is 2.65. The third-order valence-electron chi connectivity index (χ3n) is 9.28. The Morgan fingerprint density at radius 1 is 0.688 bits per heavy atom. The van der Waals surface area contributed by atoms with Crippen molar-refractivity contribution in [2.24, 2.45) is 0 Å². The van der Waals surface area contributed by atoms with E-state index in [0.717, 1.165) is 5.46 Å². The lowest BCUT2D eigenvalue weighted by atomic mass is 9.65. The SMILES string of the molecule is CC1(C)C2=C(c3cc(B4OC(C)(C)C(C)(C)O4)ccc31)C1(CCCCC1)c1ccccc12. The molecule has 1 aliphatic heterocycles. The Hall–Kier alpha value is -1.84. The van der Waals surface area contributed by atoms with Crippen LogP contribution in [-0.2, 0) is 20.1 Å². The maximum atomic E-state index is 6.43. The third kappa shape index (κ3) is 2.50. The monoisotopic (exact) mass is 426 g/mol. The molecule has 0 unspecified atom stereocenters. The van der Waals surface area contributed by atoms with E-state index in [9.17, 15) is 0 Å². The number of rotatable bonds is 1. The fourth-order valence-corrected chi connectivity index (χ4v) is 6.92. The minimum absolute atomic E-state index is 0.0101. The molecule has 1 heterocycles. The maximum absolute atomic E-state index is 6.43. The van der Waals surface area contributed by atoms with Gasteiger partial charge in [-0.25, -0.2) is 0 Å². The Balaban J connectivity index is 1.53. The van der Waals surface area contributed by atoms with Gasteiger partial charge in [-0.15, -0.1) is 0 Å². The van der Waals surface area contributed by atoms with Crippen LogP contribution in [0.25, 0.3) is 11.1 Å². The van der Waals surface area contributed by atoms with Gasteiger partial charge in [0, 0.05) is 10.8 Å². The van der Waals surface area contributed by atoms with Gasteiger partial charge in [0.25, 0.3) is 0 Å². The third-order valence-corrected chi connectivity index (χ3v) is 9.28. The van der Waals surface area contributed by atoms with Crippen LogP contribution in [0.2, 0.25) is 0 Å². The van der Waals surface area contributed by atoms with Crippen LogP contribution in [0.1, 0.15) is 95.9 Å². The quantitative estimate of drug-likeness (QED) is 0.491. The van der Waals surface area contributed by atoms with Crippen molar-refractivity contribution >= 4 is 23.7 Å². The van der Waals surface area contributed by atoms with E-state index in [1.54, 1.807) is 16.7 Å². The van der Waals surface area contributed by atoms with Crippen molar-refractivity contribution in [1.29, 1.82) is 0 Å². The lowest BCUT2D eigenvalue weighted by molar-refractivity contribution is 0.00578. The van der Waals surface area contributed by atoms with Gasteiger partial charge in [0.2, 0.25) is 0 Å². The molecule has 6 rings (SSSR count). The first-order chi connectivity index (χ1) is 15.1. The zero-order valence-corrected chi connectivity index (χ0v) is 20.5. The van der Waals surface area contributed by atoms with Gasteiger partial charge in [0.15, 0.2) is 0 Å². The van der Waals surface area contributed by atoms with Crippen molar-refractivity contribution in [2.45, 2.75) is 95.7 Å². The molecule has 0 radical (unpaired) electrons. The molecule has 0 bridgehead atoms. The van der Waals surface area contributed by atoms with E-state index in [1.807, 2.05) is 0 Å². The van der Waals surface area contributed by atoms with E-state index >= 15 is 0 Å². The van der Waals surface area contributed by atoms with Gasteiger partial charge in [-0.2, -0.15) is 0 Å². The Kier molecular flexibility index (Phi) is 4.14. The van der Waals surface area contributed by atoms with E-state index in [-0.39, 0.29) is 29.2 Å². The van der Waals surface area contributed by atoms with E-state index in [4.69, 9.17) is 9.31 Å². The molecule has 3 aliphatic carbocycles. The van der Waals surface area contributed by atoms with Crippen LogP contribution in [0.3, 0.4) is 0 Å². The van der Waals surface area contributed by atoms with Gasteiger partial charge >= 0.3 is 7.12 Å². The molecular weight excluding hydrogens is 391 g/mol. The smallest absolute Gasteiger partial charge is 0.399 e. The maximum Gasteiger partial charge on any atom is 0.494 e.